The molecule has 3 nitrogen and oxygen atoms in total. The van der Waals surface area contributed by atoms with Gasteiger partial charge in [-0.15, -0.1) is 0 Å². The molecule has 1 unspecified atom stereocenters. The van der Waals surface area contributed by atoms with Crippen LogP contribution in [0.15, 0.2) is 12.2 Å². The maximum absolute atomic E-state index is 11.2. The Balaban J connectivity index is 3.88. The van der Waals surface area contributed by atoms with Gasteiger partial charge in [-0.3, -0.25) is 4.79 Å². The molecule has 0 aliphatic heterocycles. The molecule has 0 aliphatic rings. The van der Waals surface area contributed by atoms with E-state index in [9.17, 15) is 4.79 Å². The third-order valence-electron chi connectivity index (χ3n) is 1.26. The predicted octanol–water partition coefficient (Wildman–Crippen LogP) is 1.62. The topological polar surface area (TPSA) is 52.3 Å². The summed E-state index contributed by atoms with van der Waals surface area (Å²) in [6.45, 7) is 7.39. The van der Waals surface area contributed by atoms with Gasteiger partial charge in [0, 0.05) is 6.04 Å². The van der Waals surface area contributed by atoms with Crippen molar-refractivity contribution in [1.82, 2.24) is 0 Å². The van der Waals surface area contributed by atoms with Crippen LogP contribution in [0.4, 0.5) is 0 Å². The molecular formula is C10H19NO2. The first-order chi connectivity index (χ1) is 5.85. The average molecular weight is 185 g/mol. The summed E-state index contributed by atoms with van der Waals surface area (Å²) in [4.78, 5) is 11.2. The van der Waals surface area contributed by atoms with Gasteiger partial charge < -0.3 is 10.5 Å². The highest BCUT2D eigenvalue weighted by Crippen LogP contribution is 2.08. The summed E-state index contributed by atoms with van der Waals surface area (Å²) < 4.78 is 5.10. The first kappa shape index (κ1) is 12.2. The number of rotatable bonds is 3. The Morgan fingerprint density at radius 2 is 2.08 bits per heavy atom. The second-order valence-electron chi connectivity index (χ2n) is 3.98. The number of hydrogen-bond acceptors (Lipinski definition) is 3. The lowest BCUT2D eigenvalue weighted by Crippen LogP contribution is -2.28. The van der Waals surface area contributed by atoms with Crippen molar-refractivity contribution in [3.8, 4) is 0 Å². The summed E-state index contributed by atoms with van der Waals surface area (Å²) in [5.74, 6) is -0.252. The van der Waals surface area contributed by atoms with E-state index < -0.39 is 5.60 Å². The number of carbonyl (C=O) groups is 1. The summed E-state index contributed by atoms with van der Waals surface area (Å²) in [6.07, 6.45) is 3.85. The van der Waals surface area contributed by atoms with Gasteiger partial charge in [0.2, 0.25) is 0 Å². The molecule has 0 heterocycles. The van der Waals surface area contributed by atoms with Crippen LogP contribution in [-0.2, 0) is 9.53 Å². The largest absolute Gasteiger partial charge is 0.460 e. The molecule has 0 amide bonds. The maximum atomic E-state index is 11.2. The van der Waals surface area contributed by atoms with Gasteiger partial charge in [-0.1, -0.05) is 12.2 Å². The van der Waals surface area contributed by atoms with Crippen molar-refractivity contribution in [1.29, 1.82) is 0 Å². The molecule has 2 N–H and O–H groups in total. The van der Waals surface area contributed by atoms with Crippen LogP contribution in [0.2, 0.25) is 0 Å². The van der Waals surface area contributed by atoms with Crippen LogP contribution < -0.4 is 5.73 Å². The summed E-state index contributed by atoms with van der Waals surface area (Å²) in [5.41, 5.74) is 5.19. The molecule has 0 spiro atoms. The quantitative estimate of drug-likeness (QED) is 0.537. The van der Waals surface area contributed by atoms with Crippen LogP contribution >= 0.6 is 0 Å². The van der Waals surface area contributed by atoms with Crippen molar-refractivity contribution in [2.45, 2.75) is 45.8 Å². The van der Waals surface area contributed by atoms with E-state index >= 15 is 0 Å². The summed E-state index contributed by atoms with van der Waals surface area (Å²) in [6, 6.07) is -0.236. The Bertz CT molecular complexity index is 192. The first-order valence-electron chi connectivity index (χ1n) is 4.45. The summed E-state index contributed by atoms with van der Waals surface area (Å²) in [7, 11) is 0. The minimum atomic E-state index is -0.424. The molecule has 0 saturated heterocycles. The number of nitrogens with two attached hydrogens (primary N) is 1. The van der Waals surface area contributed by atoms with Crippen molar-refractivity contribution in [3.05, 3.63) is 12.2 Å². The standard InChI is InChI=1S/C10H19NO2/c1-5-6-8(11)7-9(12)13-10(2,3)4/h5-6,8H,7,11H2,1-4H3. The van der Waals surface area contributed by atoms with Crippen LogP contribution in [-0.4, -0.2) is 17.6 Å². The fourth-order valence-electron chi connectivity index (χ4n) is 0.891. The number of hydrogen-bond donors (Lipinski definition) is 1. The minimum absolute atomic E-state index is 0.236. The molecule has 0 aromatic carbocycles. The lowest BCUT2D eigenvalue weighted by Gasteiger charge is -2.20. The van der Waals surface area contributed by atoms with Gasteiger partial charge in [0.1, 0.15) is 5.60 Å². The van der Waals surface area contributed by atoms with E-state index in [0.29, 0.717) is 0 Å². The fourth-order valence-corrected chi connectivity index (χ4v) is 0.891. The Morgan fingerprint density at radius 3 is 2.46 bits per heavy atom. The molecule has 1 atom stereocenters. The Kier molecular flexibility index (Phi) is 4.70. The molecule has 76 valence electrons. The van der Waals surface area contributed by atoms with Gasteiger partial charge in [0.15, 0.2) is 0 Å². The fraction of sp³-hybridized carbons (Fsp3) is 0.700. The van der Waals surface area contributed by atoms with E-state index in [4.69, 9.17) is 10.5 Å². The van der Waals surface area contributed by atoms with Gasteiger partial charge >= 0.3 is 5.97 Å². The molecule has 3 heteroatoms. The van der Waals surface area contributed by atoms with E-state index in [2.05, 4.69) is 0 Å². The third kappa shape index (κ3) is 7.53. The van der Waals surface area contributed by atoms with E-state index in [1.54, 1.807) is 6.08 Å². The van der Waals surface area contributed by atoms with E-state index in [0.717, 1.165) is 0 Å². The van der Waals surface area contributed by atoms with Gasteiger partial charge in [0.25, 0.3) is 0 Å². The lowest BCUT2D eigenvalue weighted by atomic mass is 10.1. The zero-order valence-corrected chi connectivity index (χ0v) is 8.83. The predicted molar refractivity (Wildman–Crippen MR) is 53.3 cm³/mol. The van der Waals surface area contributed by atoms with E-state index in [1.807, 2.05) is 33.8 Å². The van der Waals surface area contributed by atoms with Crippen molar-refractivity contribution in [3.63, 3.8) is 0 Å². The zero-order valence-electron chi connectivity index (χ0n) is 8.83. The Labute approximate surface area is 79.9 Å². The van der Waals surface area contributed by atoms with Crippen molar-refractivity contribution < 1.29 is 9.53 Å². The first-order valence-corrected chi connectivity index (χ1v) is 4.45. The number of ether oxygens (including phenoxy) is 1. The van der Waals surface area contributed by atoms with Crippen molar-refractivity contribution >= 4 is 5.97 Å². The normalized spacial score (nSPS) is 14.5. The van der Waals surface area contributed by atoms with E-state index in [1.165, 1.54) is 0 Å². The molecule has 13 heavy (non-hydrogen) atoms. The van der Waals surface area contributed by atoms with E-state index in [-0.39, 0.29) is 18.4 Å². The molecule has 0 aromatic heterocycles. The molecule has 0 bridgehead atoms. The number of esters is 1. The zero-order chi connectivity index (χ0) is 10.5. The Hall–Kier alpha value is -0.830. The molecule has 0 radical (unpaired) electrons. The number of allylic oxidation sites excluding steroid dienone is 1. The lowest BCUT2D eigenvalue weighted by molar-refractivity contribution is -0.154. The van der Waals surface area contributed by atoms with Gasteiger partial charge in [-0.2, -0.15) is 0 Å². The van der Waals surface area contributed by atoms with Crippen LogP contribution in [0.3, 0.4) is 0 Å². The molecule has 0 aromatic rings. The molecule has 0 rings (SSSR count). The molecule has 0 aliphatic carbocycles. The number of carbonyl (C=O) groups excluding carboxylic acids is 1. The van der Waals surface area contributed by atoms with Crippen molar-refractivity contribution in [2.24, 2.45) is 5.73 Å². The Morgan fingerprint density at radius 1 is 1.54 bits per heavy atom. The SMILES string of the molecule is CC=CC(N)CC(=O)OC(C)(C)C. The second kappa shape index (κ2) is 5.02. The third-order valence-corrected chi connectivity index (χ3v) is 1.26. The highest BCUT2D eigenvalue weighted by atomic mass is 16.6. The molecular weight excluding hydrogens is 166 g/mol. The second-order valence-corrected chi connectivity index (χ2v) is 3.98. The van der Waals surface area contributed by atoms with Gasteiger partial charge in [-0.05, 0) is 27.7 Å². The average Bonchev–Trinajstić information content (AvgIpc) is 1.81. The van der Waals surface area contributed by atoms with Crippen LogP contribution in [0.5, 0.6) is 0 Å². The molecule has 0 fully saturated rings. The smallest absolute Gasteiger partial charge is 0.308 e. The molecule has 0 saturated carbocycles. The van der Waals surface area contributed by atoms with Gasteiger partial charge in [0.05, 0.1) is 6.42 Å². The highest BCUT2D eigenvalue weighted by Gasteiger charge is 2.17. The van der Waals surface area contributed by atoms with Crippen LogP contribution in [0.25, 0.3) is 0 Å². The summed E-state index contributed by atoms with van der Waals surface area (Å²) in [5, 5.41) is 0. The maximum Gasteiger partial charge on any atom is 0.308 e. The van der Waals surface area contributed by atoms with Gasteiger partial charge in [-0.25, -0.2) is 0 Å². The monoisotopic (exact) mass is 185 g/mol. The summed E-state index contributed by atoms with van der Waals surface area (Å²) >= 11 is 0. The minimum Gasteiger partial charge on any atom is -0.460 e. The van der Waals surface area contributed by atoms with Crippen LogP contribution in [0.1, 0.15) is 34.1 Å². The highest BCUT2D eigenvalue weighted by molar-refractivity contribution is 5.70. The van der Waals surface area contributed by atoms with Crippen molar-refractivity contribution in [2.75, 3.05) is 0 Å². The van der Waals surface area contributed by atoms with Crippen LogP contribution in [0, 0.1) is 0 Å².